The van der Waals surface area contributed by atoms with E-state index in [1.165, 1.54) is 17.4 Å². The summed E-state index contributed by atoms with van der Waals surface area (Å²) in [6.07, 6.45) is 2.60. The molecule has 0 amide bonds. The van der Waals surface area contributed by atoms with E-state index in [1.54, 1.807) is 18.2 Å². The van der Waals surface area contributed by atoms with Gasteiger partial charge in [-0.05, 0) is 30.0 Å². The standard InChI is InChI=1S/C18H17N3O3S2/c1-2-3-9-21-11-12(16(22)17-14(21)8-10-25-17)18-19-13-6-4-5-7-15(13)26(23,24)20-18/h2,4-8,10,12H,1,3,9,11H2,(H,19,20). The summed E-state index contributed by atoms with van der Waals surface area (Å²) < 4.78 is 29.0. The van der Waals surface area contributed by atoms with Crippen molar-refractivity contribution in [3.8, 4) is 0 Å². The number of thiophene rings is 1. The lowest BCUT2D eigenvalue weighted by Crippen LogP contribution is -2.45. The minimum Gasteiger partial charge on any atom is -0.369 e. The zero-order valence-corrected chi connectivity index (χ0v) is 15.5. The molecule has 0 saturated carbocycles. The van der Waals surface area contributed by atoms with E-state index >= 15 is 0 Å². The first-order valence-electron chi connectivity index (χ1n) is 8.20. The average molecular weight is 387 g/mol. The maximum Gasteiger partial charge on any atom is 0.286 e. The highest BCUT2D eigenvalue weighted by molar-refractivity contribution is 7.90. The largest absolute Gasteiger partial charge is 0.369 e. The van der Waals surface area contributed by atoms with Crippen LogP contribution in [0.3, 0.4) is 0 Å². The van der Waals surface area contributed by atoms with Crippen molar-refractivity contribution in [1.82, 2.24) is 0 Å². The van der Waals surface area contributed by atoms with E-state index in [4.69, 9.17) is 0 Å². The van der Waals surface area contributed by atoms with Crippen molar-refractivity contribution in [1.29, 1.82) is 0 Å². The van der Waals surface area contributed by atoms with Crippen molar-refractivity contribution >= 4 is 44.4 Å². The van der Waals surface area contributed by atoms with Crippen molar-refractivity contribution in [2.75, 3.05) is 23.3 Å². The molecule has 0 fully saturated rings. The van der Waals surface area contributed by atoms with E-state index in [0.29, 0.717) is 23.7 Å². The highest BCUT2D eigenvalue weighted by Gasteiger charge is 2.39. The Kier molecular flexibility index (Phi) is 4.16. The van der Waals surface area contributed by atoms with Gasteiger partial charge in [-0.25, -0.2) is 0 Å². The Bertz CT molecular complexity index is 1020. The zero-order chi connectivity index (χ0) is 18.3. The quantitative estimate of drug-likeness (QED) is 0.816. The molecule has 0 spiro atoms. The number of anilines is 2. The lowest BCUT2D eigenvalue weighted by Gasteiger charge is -2.34. The lowest BCUT2D eigenvalue weighted by atomic mass is 9.95. The van der Waals surface area contributed by atoms with E-state index in [-0.39, 0.29) is 16.5 Å². The second kappa shape index (κ2) is 6.37. The van der Waals surface area contributed by atoms with E-state index < -0.39 is 15.9 Å². The smallest absolute Gasteiger partial charge is 0.286 e. The number of carbonyl (C=O) groups excluding carboxylic acids is 1. The lowest BCUT2D eigenvalue weighted by molar-refractivity contribution is 0.0955. The molecule has 1 aromatic carbocycles. The van der Waals surface area contributed by atoms with Gasteiger partial charge < -0.3 is 10.2 Å². The molecule has 0 radical (unpaired) electrons. The normalized spacial score (nSPS) is 20.6. The van der Waals surface area contributed by atoms with Crippen LogP contribution in [0.4, 0.5) is 11.4 Å². The van der Waals surface area contributed by atoms with Gasteiger partial charge in [0.25, 0.3) is 10.0 Å². The van der Waals surface area contributed by atoms with Gasteiger partial charge in [-0.2, -0.15) is 8.42 Å². The average Bonchev–Trinajstić information content (AvgIpc) is 3.11. The van der Waals surface area contributed by atoms with Crippen molar-refractivity contribution in [2.24, 2.45) is 10.3 Å². The molecule has 1 N–H and O–H groups in total. The molecule has 0 bridgehead atoms. The van der Waals surface area contributed by atoms with Gasteiger partial charge in [0.1, 0.15) is 10.7 Å². The number of nitrogens with one attached hydrogen (secondary N) is 1. The maximum atomic E-state index is 13.0. The van der Waals surface area contributed by atoms with Crippen LogP contribution in [0.2, 0.25) is 0 Å². The van der Waals surface area contributed by atoms with Crippen molar-refractivity contribution < 1.29 is 13.2 Å². The monoisotopic (exact) mass is 387 g/mol. The molecule has 4 rings (SSSR count). The maximum absolute atomic E-state index is 13.0. The number of carbonyl (C=O) groups is 1. The molecule has 6 nitrogen and oxygen atoms in total. The number of sulfonamides is 1. The second-order valence-electron chi connectivity index (χ2n) is 6.15. The van der Waals surface area contributed by atoms with Crippen molar-refractivity contribution in [3.63, 3.8) is 0 Å². The van der Waals surface area contributed by atoms with Gasteiger partial charge in [0, 0.05) is 13.1 Å². The Morgan fingerprint density at radius 1 is 1.35 bits per heavy atom. The van der Waals surface area contributed by atoms with Gasteiger partial charge in [0.05, 0.1) is 22.2 Å². The summed E-state index contributed by atoms with van der Waals surface area (Å²) in [5.41, 5.74) is 1.36. The third kappa shape index (κ3) is 2.75. The second-order valence-corrected chi connectivity index (χ2v) is 8.64. The number of Topliss-reactive ketones (excluding diaryl/α,β-unsaturated/α-hetero) is 1. The molecule has 1 aromatic heterocycles. The van der Waals surface area contributed by atoms with Crippen LogP contribution in [0.5, 0.6) is 0 Å². The van der Waals surface area contributed by atoms with Gasteiger partial charge in [0.15, 0.2) is 5.78 Å². The van der Waals surface area contributed by atoms with E-state index in [0.717, 1.165) is 12.1 Å². The Balaban J connectivity index is 1.73. The number of hydrogen-bond donors (Lipinski definition) is 1. The van der Waals surface area contributed by atoms with Gasteiger partial charge in [-0.3, -0.25) is 4.79 Å². The molecule has 0 saturated heterocycles. The fourth-order valence-corrected chi connectivity index (χ4v) is 5.34. The molecule has 8 heteroatoms. The summed E-state index contributed by atoms with van der Waals surface area (Å²) in [6, 6.07) is 8.52. The van der Waals surface area contributed by atoms with Crippen LogP contribution in [0.25, 0.3) is 0 Å². The Labute approximate surface area is 155 Å². The fraction of sp³-hybridized carbons (Fsp3) is 0.222. The van der Waals surface area contributed by atoms with Crippen LogP contribution >= 0.6 is 11.3 Å². The summed E-state index contributed by atoms with van der Waals surface area (Å²) in [4.78, 5) is 15.8. The SMILES string of the molecule is C=CCCN1CC(C2=NS(=O)(=O)c3ccccc3N2)C(=O)c2sccc21. The minimum atomic E-state index is -3.82. The van der Waals surface area contributed by atoms with Crippen LogP contribution < -0.4 is 10.2 Å². The first-order chi connectivity index (χ1) is 12.5. The first-order valence-corrected chi connectivity index (χ1v) is 10.5. The van der Waals surface area contributed by atoms with Gasteiger partial charge in [-0.15, -0.1) is 22.3 Å². The van der Waals surface area contributed by atoms with Gasteiger partial charge in [0.2, 0.25) is 0 Å². The van der Waals surface area contributed by atoms with Gasteiger partial charge >= 0.3 is 0 Å². The Morgan fingerprint density at radius 3 is 2.96 bits per heavy atom. The predicted molar refractivity (Wildman–Crippen MR) is 104 cm³/mol. The number of benzene rings is 1. The summed E-state index contributed by atoms with van der Waals surface area (Å²) in [6.45, 7) is 4.85. The summed E-state index contributed by atoms with van der Waals surface area (Å²) >= 11 is 1.37. The molecule has 2 aliphatic rings. The Hall–Kier alpha value is -2.45. The minimum absolute atomic E-state index is 0.0920. The summed E-state index contributed by atoms with van der Waals surface area (Å²) in [7, 11) is -3.82. The number of nitrogens with zero attached hydrogens (tertiary/aromatic N) is 2. The van der Waals surface area contributed by atoms with Crippen molar-refractivity contribution in [2.45, 2.75) is 11.3 Å². The van der Waals surface area contributed by atoms with E-state index in [1.807, 2.05) is 17.5 Å². The third-order valence-electron chi connectivity index (χ3n) is 4.51. The highest BCUT2D eigenvalue weighted by Crippen LogP contribution is 2.36. The molecule has 0 aliphatic carbocycles. The number of hydrogen-bond acceptors (Lipinski definition) is 6. The molecule has 26 heavy (non-hydrogen) atoms. The molecular formula is C18H17N3O3S2. The highest BCUT2D eigenvalue weighted by atomic mass is 32.2. The molecule has 1 unspecified atom stereocenters. The summed E-state index contributed by atoms with van der Waals surface area (Å²) in [5.74, 6) is -0.545. The van der Waals surface area contributed by atoms with Crippen LogP contribution in [0.15, 0.2) is 57.7 Å². The zero-order valence-electron chi connectivity index (χ0n) is 13.9. The van der Waals surface area contributed by atoms with E-state index in [9.17, 15) is 13.2 Å². The number of amidine groups is 1. The summed E-state index contributed by atoms with van der Waals surface area (Å²) in [5, 5.41) is 4.94. The molecule has 2 aliphatic heterocycles. The fourth-order valence-electron chi connectivity index (χ4n) is 3.25. The van der Waals surface area contributed by atoms with Gasteiger partial charge in [-0.1, -0.05) is 18.2 Å². The predicted octanol–water partition coefficient (Wildman–Crippen LogP) is 3.16. The number of para-hydroxylation sites is 1. The third-order valence-corrected chi connectivity index (χ3v) is 6.77. The molecule has 2 aromatic rings. The molecular weight excluding hydrogens is 370 g/mol. The molecule has 134 valence electrons. The first kappa shape index (κ1) is 17.0. The van der Waals surface area contributed by atoms with Crippen LogP contribution in [0.1, 0.15) is 16.1 Å². The molecule has 3 heterocycles. The number of ketones is 1. The van der Waals surface area contributed by atoms with Crippen LogP contribution in [-0.4, -0.2) is 33.1 Å². The number of fused-ring (bicyclic) bond motifs is 2. The Morgan fingerprint density at radius 2 is 2.15 bits per heavy atom. The van der Waals surface area contributed by atoms with Crippen LogP contribution in [0, 0.1) is 5.92 Å². The van der Waals surface area contributed by atoms with Crippen molar-refractivity contribution in [3.05, 3.63) is 53.2 Å². The topological polar surface area (TPSA) is 78.8 Å². The number of rotatable bonds is 4. The van der Waals surface area contributed by atoms with Crippen LogP contribution in [-0.2, 0) is 10.0 Å². The van der Waals surface area contributed by atoms with E-state index in [2.05, 4.69) is 21.2 Å². The molecule has 1 atom stereocenters.